The van der Waals surface area contributed by atoms with Crippen LogP contribution in [0.1, 0.15) is 12.5 Å². The zero-order valence-corrected chi connectivity index (χ0v) is 10.0. The lowest BCUT2D eigenvalue weighted by molar-refractivity contribution is -0.118. The van der Waals surface area contributed by atoms with E-state index in [1.54, 1.807) is 6.20 Å². The topological polar surface area (TPSA) is 85.0 Å². The molecule has 0 aromatic carbocycles. The monoisotopic (exact) mass is 247 g/mol. The van der Waals surface area contributed by atoms with E-state index in [4.69, 9.17) is 5.73 Å². The minimum atomic E-state index is -0.122. The van der Waals surface area contributed by atoms with Crippen LogP contribution in [-0.2, 0) is 4.79 Å². The van der Waals surface area contributed by atoms with Crippen molar-refractivity contribution in [1.82, 2.24) is 15.1 Å². The molecule has 1 amide bonds. The molecule has 2 unspecified atom stereocenters. The van der Waals surface area contributed by atoms with Crippen molar-refractivity contribution in [3.05, 3.63) is 24.4 Å². The number of carbonyl (C=O) groups excluding carboxylic acids is 1. The molecule has 0 spiro atoms. The van der Waals surface area contributed by atoms with E-state index >= 15 is 0 Å². The standard InChI is InChI=1S/C12H17N5O/c13-9-2-1-8(5-9)12(18)16-11-3-4-15-17(11)10-6-14-7-10/h1-4,8-10,14H,5-7,13H2,(H,16,18). The minimum Gasteiger partial charge on any atom is -0.324 e. The molecule has 1 aliphatic carbocycles. The predicted octanol–water partition coefficient (Wildman–Crippen LogP) is -0.131. The Labute approximate surface area is 105 Å². The van der Waals surface area contributed by atoms with E-state index in [2.05, 4.69) is 15.7 Å². The van der Waals surface area contributed by atoms with Crippen molar-refractivity contribution >= 4 is 11.7 Å². The normalized spacial score (nSPS) is 27.2. The number of anilines is 1. The molecule has 0 saturated carbocycles. The molecule has 2 heterocycles. The molecule has 6 heteroatoms. The number of rotatable bonds is 3. The van der Waals surface area contributed by atoms with Gasteiger partial charge in [-0.3, -0.25) is 4.79 Å². The first-order chi connectivity index (χ1) is 8.74. The third-order valence-electron chi connectivity index (χ3n) is 3.48. The Morgan fingerprint density at radius 3 is 2.94 bits per heavy atom. The van der Waals surface area contributed by atoms with Crippen LogP contribution in [0.15, 0.2) is 24.4 Å². The summed E-state index contributed by atoms with van der Waals surface area (Å²) >= 11 is 0. The van der Waals surface area contributed by atoms with Crippen molar-refractivity contribution in [3.8, 4) is 0 Å². The Morgan fingerprint density at radius 1 is 1.50 bits per heavy atom. The van der Waals surface area contributed by atoms with Gasteiger partial charge in [-0.1, -0.05) is 12.2 Å². The molecular formula is C12H17N5O. The highest BCUT2D eigenvalue weighted by Gasteiger charge is 2.26. The van der Waals surface area contributed by atoms with E-state index in [0.717, 1.165) is 18.9 Å². The number of nitrogens with zero attached hydrogens (tertiary/aromatic N) is 2. The summed E-state index contributed by atoms with van der Waals surface area (Å²) in [5, 5.41) is 10.4. The number of hydrogen-bond acceptors (Lipinski definition) is 4. The smallest absolute Gasteiger partial charge is 0.232 e. The van der Waals surface area contributed by atoms with Gasteiger partial charge >= 0.3 is 0 Å². The number of nitrogens with two attached hydrogens (primary N) is 1. The van der Waals surface area contributed by atoms with Crippen LogP contribution in [0.5, 0.6) is 0 Å². The molecule has 1 aromatic rings. The van der Waals surface area contributed by atoms with Gasteiger partial charge in [0.2, 0.25) is 5.91 Å². The van der Waals surface area contributed by atoms with Crippen LogP contribution in [0.3, 0.4) is 0 Å². The molecule has 0 radical (unpaired) electrons. The summed E-state index contributed by atoms with van der Waals surface area (Å²) in [6, 6.07) is 2.17. The Morgan fingerprint density at radius 2 is 2.33 bits per heavy atom. The molecule has 1 fully saturated rings. The summed E-state index contributed by atoms with van der Waals surface area (Å²) in [5.41, 5.74) is 5.75. The summed E-state index contributed by atoms with van der Waals surface area (Å²) < 4.78 is 1.87. The van der Waals surface area contributed by atoms with Crippen molar-refractivity contribution < 1.29 is 4.79 Å². The van der Waals surface area contributed by atoms with Crippen LogP contribution >= 0.6 is 0 Å². The van der Waals surface area contributed by atoms with E-state index in [1.165, 1.54) is 0 Å². The van der Waals surface area contributed by atoms with Gasteiger partial charge in [-0.05, 0) is 6.42 Å². The zero-order valence-electron chi connectivity index (χ0n) is 10.0. The number of carbonyl (C=O) groups is 1. The van der Waals surface area contributed by atoms with Gasteiger partial charge in [-0.2, -0.15) is 5.10 Å². The lowest BCUT2D eigenvalue weighted by Gasteiger charge is -2.28. The van der Waals surface area contributed by atoms with Crippen LogP contribution in [0, 0.1) is 5.92 Å². The van der Waals surface area contributed by atoms with Crippen molar-refractivity contribution in [1.29, 1.82) is 0 Å². The fraction of sp³-hybridized carbons (Fsp3) is 0.500. The van der Waals surface area contributed by atoms with Gasteiger partial charge in [0.05, 0.1) is 18.2 Å². The average Bonchev–Trinajstić information content (AvgIpc) is 2.86. The highest BCUT2D eigenvalue weighted by atomic mass is 16.2. The third kappa shape index (κ3) is 2.04. The molecule has 0 bridgehead atoms. The maximum absolute atomic E-state index is 12.1. The van der Waals surface area contributed by atoms with Crippen LogP contribution in [0.4, 0.5) is 5.82 Å². The predicted molar refractivity (Wildman–Crippen MR) is 68.0 cm³/mol. The molecule has 3 rings (SSSR count). The lowest BCUT2D eigenvalue weighted by Crippen LogP contribution is -2.44. The fourth-order valence-electron chi connectivity index (χ4n) is 2.29. The van der Waals surface area contributed by atoms with Crippen LogP contribution in [0.25, 0.3) is 0 Å². The van der Waals surface area contributed by atoms with Gasteiger partial charge in [0.1, 0.15) is 5.82 Å². The van der Waals surface area contributed by atoms with Gasteiger partial charge in [0.15, 0.2) is 0 Å². The van der Waals surface area contributed by atoms with Crippen molar-refractivity contribution in [2.75, 3.05) is 18.4 Å². The van der Waals surface area contributed by atoms with Gasteiger partial charge in [-0.25, -0.2) is 4.68 Å². The van der Waals surface area contributed by atoms with E-state index in [9.17, 15) is 4.79 Å². The second-order valence-corrected chi connectivity index (χ2v) is 4.85. The van der Waals surface area contributed by atoms with Gasteiger partial charge in [-0.15, -0.1) is 0 Å². The molecule has 1 aromatic heterocycles. The second-order valence-electron chi connectivity index (χ2n) is 4.85. The van der Waals surface area contributed by atoms with E-state index in [0.29, 0.717) is 12.5 Å². The molecule has 2 aliphatic rings. The number of aromatic nitrogens is 2. The molecule has 2 atom stereocenters. The van der Waals surface area contributed by atoms with Gasteiger partial charge in [0, 0.05) is 25.2 Å². The zero-order chi connectivity index (χ0) is 12.5. The SMILES string of the molecule is NC1C=CC(C(=O)Nc2ccnn2C2CNC2)C1. The van der Waals surface area contributed by atoms with Crippen molar-refractivity contribution in [2.24, 2.45) is 11.7 Å². The highest BCUT2D eigenvalue weighted by Crippen LogP contribution is 2.21. The maximum Gasteiger partial charge on any atom is 0.232 e. The summed E-state index contributed by atoms with van der Waals surface area (Å²) in [4.78, 5) is 12.1. The maximum atomic E-state index is 12.1. The summed E-state index contributed by atoms with van der Waals surface area (Å²) in [6.45, 7) is 1.80. The Bertz CT molecular complexity index is 477. The van der Waals surface area contributed by atoms with E-state index in [1.807, 2.05) is 22.9 Å². The fourth-order valence-corrected chi connectivity index (χ4v) is 2.29. The van der Waals surface area contributed by atoms with Crippen LogP contribution in [0.2, 0.25) is 0 Å². The van der Waals surface area contributed by atoms with Crippen molar-refractivity contribution in [3.63, 3.8) is 0 Å². The summed E-state index contributed by atoms with van der Waals surface area (Å²) in [7, 11) is 0. The Hall–Kier alpha value is -1.66. The van der Waals surface area contributed by atoms with Gasteiger partial charge in [0.25, 0.3) is 0 Å². The number of nitrogens with one attached hydrogen (secondary N) is 2. The first-order valence-electron chi connectivity index (χ1n) is 6.23. The Balaban J connectivity index is 1.67. The van der Waals surface area contributed by atoms with Gasteiger partial charge < -0.3 is 16.4 Å². The summed E-state index contributed by atoms with van der Waals surface area (Å²) in [6.07, 6.45) is 6.16. The quantitative estimate of drug-likeness (QED) is 0.650. The molecule has 1 aliphatic heterocycles. The van der Waals surface area contributed by atoms with E-state index in [-0.39, 0.29) is 17.9 Å². The average molecular weight is 247 g/mol. The third-order valence-corrected chi connectivity index (χ3v) is 3.48. The first-order valence-corrected chi connectivity index (χ1v) is 6.23. The second kappa shape index (κ2) is 4.55. The summed E-state index contributed by atoms with van der Waals surface area (Å²) in [5.74, 6) is 0.636. The van der Waals surface area contributed by atoms with Crippen LogP contribution in [-0.4, -0.2) is 34.8 Å². The van der Waals surface area contributed by atoms with Crippen molar-refractivity contribution in [2.45, 2.75) is 18.5 Å². The minimum absolute atomic E-state index is 0.00138. The molecule has 4 N–H and O–H groups in total. The first kappa shape index (κ1) is 11.4. The highest BCUT2D eigenvalue weighted by molar-refractivity contribution is 5.93. The Kier molecular flexibility index (Phi) is 2.89. The largest absolute Gasteiger partial charge is 0.324 e. The molecule has 1 saturated heterocycles. The number of amides is 1. The number of hydrogen-bond donors (Lipinski definition) is 3. The van der Waals surface area contributed by atoms with Crippen LogP contribution < -0.4 is 16.4 Å². The van der Waals surface area contributed by atoms with E-state index < -0.39 is 0 Å². The molecule has 18 heavy (non-hydrogen) atoms. The molecule has 6 nitrogen and oxygen atoms in total. The molecular weight excluding hydrogens is 230 g/mol. The molecule has 96 valence electrons. The lowest BCUT2D eigenvalue weighted by atomic mass is 10.1.